The second-order valence-corrected chi connectivity index (χ2v) is 5.00. The Morgan fingerprint density at radius 1 is 1.29 bits per heavy atom. The van der Waals surface area contributed by atoms with Crippen molar-refractivity contribution in [3.05, 3.63) is 41.6 Å². The Hall–Kier alpha value is -3.09. The van der Waals surface area contributed by atoms with Gasteiger partial charge in [-0.15, -0.1) is 0 Å². The van der Waals surface area contributed by atoms with E-state index in [-0.39, 0.29) is 18.8 Å². The maximum atomic E-state index is 11.9. The maximum Gasteiger partial charge on any atom is 0.348 e. The van der Waals surface area contributed by atoms with Crippen molar-refractivity contribution < 1.29 is 14.3 Å². The van der Waals surface area contributed by atoms with Gasteiger partial charge < -0.3 is 14.0 Å². The molecule has 0 bridgehead atoms. The van der Waals surface area contributed by atoms with E-state index in [0.717, 1.165) is 16.5 Å². The van der Waals surface area contributed by atoms with Crippen LogP contribution in [0.4, 0.5) is 0 Å². The molecule has 0 amide bonds. The number of aryl methyl sites for hydroxylation is 1. The van der Waals surface area contributed by atoms with Crippen molar-refractivity contribution in [1.29, 1.82) is 10.5 Å². The molecule has 0 aliphatic heterocycles. The number of aromatic nitrogens is 1. The van der Waals surface area contributed by atoms with Crippen molar-refractivity contribution in [1.82, 2.24) is 4.57 Å². The average Bonchev–Trinajstić information content (AvgIpc) is 2.95. The lowest BCUT2D eigenvalue weighted by Gasteiger charge is -2.02. The number of carbonyl (C=O) groups excluding carboxylic acids is 1. The third-order valence-corrected chi connectivity index (χ3v) is 3.44. The van der Waals surface area contributed by atoms with Crippen LogP contribution in [0.3, 0.4) is 0 Å². The highest BCUT2D eigenvalue weighted by Crippen LogP contribution is 2.24. The molecule has 6 heteroatoms. The SMILES string of the molecule is COCCOC(=O)/C(C#N)=C/c1cn(CCC#N)c2ccccc12. The molecule has 6 nitrogen and oxygen atoms in total. The fourth-order valence-electron chi connectivity index (χ4n) is 2.33. The van der Waals surface area contributed by atoms with E-state index in [0.29, 0.717) is 13.0 Å². The molecular formula is C18H17N3O3. The third kappa shape index (κ3) is 4.01. The number of fused-ring (bicyclic) bond motifs is 1. The van der Waals surface area contributed by atoms with Crippen LogP contribution >= 0.6 is 0 Å². The predicted octanol–water partition coefficient (Wildman–Crippen LogP) is 2.65. The van der Waals surface area contributed by atoms with Gasteiger partial charge in [0.15, 0.2) is 0 Å². The Balaban J connectivity index is 2.35. The zero-order chi connectivity index (χ0) is 17.4. The first kappa shape index (κ1) is 17.3. The largest absolute Gasteiger partial charge is 0.459 e. The predicted molar refractivity (Wildman–Crippen MR) is 88.6 cm³/mol. The number of hydrogen-bond acceptors (Lipinski definition) is 5. The minimum atomic E-state index is -0.677. The zero-order valence-electron chi connectivity index (χ0n) is 13.4. The number of hydrogen-bond donors (Lipinski definition) is 0. The minimum Gasteiger partial charge on any atom is -0.459 e. The number of para-hydroxylation sites is 1. The molecule has 24 heavy (non-hydrogen) atoms. The summed E-state index contributed by atoms with van der Waals surface area (Å²) in [5.74, 6) is -0.677. The third-order valence-electron chi connectivity index (χ3n) is 3.44. The molecule has 2 rings (SSSR count). The van der Waals surface area contributed by atoms with Gasteiger partial charge in [-0.05, 0) is 12.1 Å². The maximum absolute atomic E-state index is 11.9. The number of esters is 1. The van der Waals surface area contributed by atoms with E-state index < -0.39 is 5.97 Å². The van der Waals surface area contributed by atoms with Crippen molar-refractivity contribution >= 4 is 22.9 Å². The number of nitrogens with zero attached hydrogens (tertiary/aromatic N) is 3. The lowest BCUT2D eigenvalue weighted by Crippen LogP contribution is -2.11. The molecule has 0 saturated carbocycles. The minimum absolute atomic E-state index is 0.0747. The molecule has 0 aliphatic carbocycles. The first-order chi connectivity index (χ1) is 11.7. The molecule has 0 radical (unpaired) electrons. The summed E-state index contributed by atoms with van der Waals surface area (Å²) >= 11 is 0. The Morgan fingerprint density at radius 3 is 2.79 bits per heavy atom. The van der Waals surface area contributed by atoms with Crippen LogP contribution in [0.25, 0.3) is 17.0 Å². The summed E-state index contributed by atoms with van der Waals surface area (Å²) in [5, 5.41) is 18.9. The summed E-state index contributed by atoms with van der Waals surface area (Å²) in [4.78, 5) is 11.9. The van der Waals surface area contributed by atoms with Gasteiger partial charge in [-0.3, -0.25) is 0 Å². The topological polar surface area (TPSA) is 88.0 Å². The number of ether oxygens (including phenoxy) is 2. The number of carbonyl (C=O) groups is 1. The van der Waals surface area contributed by atoms with E-state index in [9.17, 15) is 10.1 Å². The summed E-state index contributed by atoms with van der Waals surface area (Å²) in [5.41, 5.74) is 1.61. The van der Waals surface area contributed by atoms with E-state index in [4.69, 9.17) is 14.7 Å². The van der Waals surface area contributed by atoms with Gasteiger partial charge in [-0.2, -0.15) is 10.5 Å². The molecule has 122 valence electrons. The van der Waals surface area contributed by atoms with E-state index in [1.54, 1.807) is 0 Å². The summed E-state index contributed by atoms with van der Waals surface area (Å²) in [7, 11) is 1.50. The Kier molecular flexibility index (Phi) is 6.13. The van der Waals surface area contributed by atoms with Crippen LogP contribution in [0.2, 0.25) is 0 Å². The lowest BCUT2D eigenvalue weighted by atomic mass is 10.1. The Bertz CT molecular complexity index is 837. The first-order valence-electron chi connectivity index (χ1n) is 7.44. The molecule has 2 aromatic rings. The summed E-state index contributed by atoms with van der Waals surface area (Å²) in [6.45, 7) is 0.918. The summed E-state index contributed by atoms with van der Waals surface area (Å²) < 4.78 is 11.7. The molecule has 0 spiro atoms. The second kappa shape index (κ2) is 8.52. The summed E-state index contributed by atoms with van der Waals surface area (Å²) in [6.07, 6.45) is 3.73. The monoisotopic (exact) mass is 323 g/mol. The molecule has 0 atom stereocenters. The number of nitriles is 2. The standard InChI is InChI=1S/C18H17N3O3/c1-23-9-10-24-18(22)14(12-20)11-15-13-21(8-4-7-19)17-6-3-2-5-16(15)17/h2-3,5-6,11,13H,4,8-10H2,1H3/b14-11+. The van der Waals surface area contributed by atoms with Crippen molar-refractivity contribution in [3.8, 4) is 12.1 Å². The lowest BCUT2D eigenvalue weighted by molar-refractivity contribution is -0.139. The van der Waals surface area contributed by atoms with Crippen molar-refractivity contribution in [2.24, 2.45) is 0 Å². The van der Waals surface area contributed by atoms with Gasteiger partial charge in [0.25, 0.3) is 0 Å². The van der Waals surface area contributed by atoms with E-state index >= 15 is 0 Å². The molecule has 0 fully saturated rings. The number of rotatable bonds is 7. The van der Waals surface area contributed by atoms with Crippen LogP contribution in [0.1, 0.15) is 12.0 Å². The Labute approximate surface area is 140 Å². The van der Waals surface area contributed by atoms with Gasteiger partial charge in [0, 0.05) is 36.3 Å². The highest BCUT2D eigenvalue weighted by atomic mass is 16.6. The molecule has 1 aromatic carbocycles. The average molecular weight is 323 g/mol. The fourth-order valence-corrected chi connectivity index (χ4v) is 2.33. The molecule has 0 saturated heterocycles. The first-order valence-corrected chi connectivity index (χ1v) is 7.44. The van der Waals surface area contributed by atoms with Gasteiger partial charge in [-0.25, -0.2) is 4.79 Å². The van der Waals surface area contributed by atoms with Gasteiger partial charge in [0.2, 0.25) is 0 Å². The molecule has 1 heterocycles. The van der Waals surface area contributed by atoms with Gasteiger partial charge in [0.05, 0.1) is 19.1 Å². The zero-order valence-corrected chi connectivity index (χ0v) is 13.4. The summed E-state index contributed by atoms with van der Waals surface area (Å²) in [6, 6.07) is 11.6. The quantitative estimate of drug-likeness (QED) is 0.338. The number of benzene rings is 1. The molecule has 0 N–H and O–H groups in total. The van der Waals surface area contributed by atoms with E-state index in [2.05, 4.69) is 6.07 Å². The fraction of sp³-hybridized carbons (Fsp3) is 0.278. The second-order valence-electron chi connectivity index (χ2n) is 5.00. The van der Waals surface area contributed by atoms with Crippen LogP contribution < -0.4 is 0 Å². The van der Waals surface area contributed by atoms with Crippen molar-refractivity contribution in [2.45, 2.75) is 13.0 Å². The molecule has 1 aromatic heterocycles. The highest BCUT2D eigenvalue weighted by Gasteiger charge is 2.13. The molecule has 0 unspecified atom stereocenters. The van der Waals surface area contributed by atoms with Crippen LogP contribution in [-0.4, -0.2) is 30.9 Å². The highest BCUT2D eigenvalue weighted by molar-refractivity contribution is 6.01. The molecule has 0 aliphatic rings. The Morgan fingerprint density at radius 2 is 2.08 bits per heavy atom. The van der Waals surface area contributed by atoms with Crippen LogP contribution in [0.5, 0.6) is 0 Å². The molecular weight excluding hydrogens is 306 g/mol. The van der Waals surface area contributed by atoms with Gasteiger partial charge >= 0.3 is 5.97 Å². The van der Waals surface area contributed by atoms with E-state index in [1.165, 1.54) is 13.2 Å². The van der Waals surface area contributed by atoms with Crippen LogP contribution in [0, 0.1) is 22.7 Å². The van der Waals surface area contributed by atoms with Crippen LogP contribution in [-0.2, 0) is 20.8 Å². The van der Waals surface area contributed by atoms with E-state index in [1.807, 2.05) is 41.1 Å². The van der Waals surface area contributed by atoms with Crippen LogP contribution in [0.15, 0.2) is 36.0 Å². The van der Waals surface area contributed by atoms with Gasteiger partial charge in [0.1, 0.15) is 18.2 Å². The van der Waals surface area contributed by atoms with Crippen molar-refractivity contribution in [2.75, 3.05) is 20.3 Å². The smallest absolute Gasteiger partial charge is 0.348 e. The number of methoxy groups -OCH3 is 1. The van der Waals surface area contributed by atoms with Gasteiger partial charge in [-0.1, -0.05) is 18.2 Å². The normalized spacial score (nSPS) is 11.0. The van der Waals surface area contributed by atoms with Crippen molar-refractivity contribution in [3.63, 3.8) is 0 Å².